The number of amides is 1. The third-order valence-corrected chi connectivity index (χ3v) is 4.49. The largest absolute Gasteiger partial charge is 0.309 e. The summed E-state index contributed by atoms with van der Waals surface area (Å²) in [6, 6.07) is 7.16. The van der Waals surface area contributed by atoms with E-state index < -0.39 is 0 Å². The van der Waals surface area contributed by atoms with Gasteiger partial charge in [0.05, 0.1) is 24.0 Å². The summed E-state index contributed by atoms with van der Waals surface area (Å²) in [6.45, 7) is 2.48. The van der Waals surface area contributed by atoms with Gasteiger partial charge in [0, 0.05) is 0 Å². The molecule has 0 atom stereocenters. The van der Waals surface area contributed by atoms with E-state index in [0.29, 0.717) is 28.4 Å². The highest BCUT2D eigenvalue weighted by Gasteiger charge is 2.12. The Morgan fingerprint density at radius 2 is 2.12 bits per heavy atom. The first-order valence-corrected chi connectivity index (χ1v) is 8.65. The lowest BCUT2D eigenvalue weighted by molar-refractivity contribution is -0.117. The van der Waals surface area contributed by atoms with Crippen LogP contribution in [-0.4, -0.2) is 44.6 Å². The second-order valence-electron chi connectivity index (χ2n) is 5.60. The first-order chi connectivity index (χ1) is 12.0. The van der Waals surface area contributed by atoms with Crippen molar-refractivity contribution in [1.29, 1.82) is 0 Å². The molecule has 0 saturated heterocycles. The van der Waals surface area contributed by atoms with Crippen LogP contribution in [0.25, 0.3) is 10.9 Å². The van der Waals surface area contributed by atoms with Gasteiger partial charge in [0.15, 0.2) is 0 Å². The minimum absolute atomic E-state index is 0.150. The van der Waals surface area contributed by atoms with Gasteiger partial charge in [0.25, 0.3) is 5.56 Å². The van der Waals surface area contributed by atoms with Gasteiger partial charge in [0.2, 0.25) is 11.0 Å². The molecule has 130 valence electrons. The Morgan fingerprint density at radius 1 is 1.32 bits per heavy atom. The lowest BCUT2D eigenvalue weighted by Crippen LogP contribution is -2.31. The molecule has 0 unspecified atom stereocenters. The first-order valence-electron chi connectivity index (χ1n) is 7.84. The predicted molar refractivity (Wildman–Crippen MR) is 96.6 cm³/mol. The molecule has 2 heterocycles. The molecule has 1 amide bonds. The maximum Gasteiger partial charge on any atom is 0.258 e. The molecule has 0 bridgehead atoms. The lowest BCUT2D eigenvalue weighted by atomic mass is 10.2. The van der Waals surface area contributed by atoms with Crippen LogP contribution in [0, 0.1) is 0 Å². The van der Waals surface area contributed by atoms with E-state index in [1.54, 1.807) is 30.1 Å². The topological polar surface area (TPSA) is 104 Å². The summed E-state index contributed by atoms with van der Waals surface area (Å²) in [6.07, 6.45) is 0.786. The van der Waals surface area contributed by atoms with Crippen LogP contribution in [0.2, 0.25) is 0 Å². The average molecular weight is 358 g/mol. The molecular formula is C16H18N6O2S. The van der Waals surface area contributed by atoms with Crippen LogP contribution in [-0.2, 0) is 17.8 Å². The van der Waals surface area contributed by atoms with Crippen LogP contribution in [0.5, 0.6) is 0 Å². The number of benzene rings is 1. The molecule has 0 radical (unpaired) electrons. The molecule has 2 N–H and O–H groups in total. The summed E-state index contributed by atoms with van der Waals surface area (Å²) in [5.74, 6) is 0.327. The van der Waals surface area contributed by atoms with Gasteiger partial charge < -0.3 is 4.98 Å². The zero-order valence-corrected chi connectivity index (χ0v) is 14.8. The Morgan fingerprint density at radius 3 is 2.88 bits per heavy atom. The van der Waals surface area contributed by atoms with Crippen LogP contribution in [0.15, 0.2) is 29.1 Å². The van der Waals surface area contributed by atoms with E-state index >= 15 is 0 Å². The Hall–Kier alpha value is -2.65. The molecule has 0 aliphatic carbocycles. The Bertz CT molecular complexity index is 951. The highest BCUT2D eigenvalue weighted by Crippen LogP contribution is 2.15. The zero-order chi connectivity index (χ0) is 17.8. The van der Waals surface area contributed by atoms with Gasteiger partial charge in [-0.05, 0) is 25.6 Å². The van der Waals surface area contributed by atoms with E-state index in [-0.39, 0.29) is 18.0 Å². The zero-order valence-electron chi connectivity index (χ0n) is 13.9. The van der Waals surface area contributed by atoms with Crippen LogP contribution in [0.4, 0.5) is 5.13 Å². The number of carbonyl (C=O) groups is 1. The summed E-state index contributed by atoms with van der Waals surface area (Å²) >= 11 is 1.36. The van der Waals surface area contributed by atoms with Crippen molar-refractivity contribution in [3.05, 3.63) is 45.5 Å². The molecule has 1 aromatic carbocycles. The molecule has 0 fully saturated rings. The Kier molecular flexibility index (Phi) is 5.15. The van der Waals surface area contributed by atoms with Crippen molar-refractivity contribution < 1.29 is 4.79 Å². The molecule has 8 nitrogen and oxygen atoms in total. The van der Waals surface area contributed by atoms with Gasteiger partial charge in [0.1, 0.15) is 10.8 Å². The second-order valence-corrected chi connectivity index (χ2v) is 6.67. The Balaban J connectivity index is 1.63. The fourth-order valence-corrected chi connectivity index (χ4v) is 3.07. The summed E-state index contributed by atoms with van der Waals surface area (Å²) in [4.78, 5) is 33.1. The molecule has 0 spiro atoms. The highest BCUT2D eigenvalue weighted by atomic mass is 32.1. The summed E-state index contributed by atoms with van der Waals surface area (Å²) in [5, 5.41) is 12.5. The van der Waals surface area contributed by atoms with E-state index in [1.807, 2.05) is 13.0 Å². The van der Waals surface area contributed by atoms with E-state index in [2.05, 4.69) is 25.5 Å². The minimum atomic E-state index is -0.190. The molecule has 3 aromatic rings. The van der Waals surface area contributed by atoms with Crippen LogP contribution < -0.4 is 10.9 Å². The van der Waals surface area contributed by atoms with E-state index in [1.165, 1.54) is 11.3 Å². The molecule has 3 rings (SSSR count). The number of fused-ring (bicyclic) bond motifs is 1. The smallest absolute Gasteiger partial charge is 0.258 e. The van der Waals surface area contributed by atoms with Gasteiger partial charge in [-0.3, -0.25) is 19.8 Å². The molecule has 2 aromatic heterocycles. The van der Waals surface area contributed by atoms with Crippen molar-refractivity contribution in [3.8, 4) is 0 Å². The van der Waals surface area contributed by atoms with Crippen molar-refractivity contribution in [2.75, 3.05) is 18.9 Å². The minimum Gasteiger partial charge on any atom is -0.309 e. The van der Waals surface area contributed by atoms with Crippen molar-refractivity contribution in [2.24, 2.45) is 0 Å². The van der Waals surface area contributed by atoms with Gasteiger partial charge in [-0.25, -0.2) is 4.98 Å². The molecule has 0 aliphatic rings. The monoisotopic (exact) mass is 358 g/mol. The highest BCUT2D eigenvalue weighted by molar-refractivity contribution is 7.15. The maximum absolute atomic E-state index is 12.1. The molecule has 9 heteroatoms. The summed E-state index contributed by atoms with van der Waals surface area (Å²) in [5.41, 5.74) is 0.458. The molecule has 25 heavy (non-hydrogen) atoms. The fraction of sp³-hybridized carbons (Fsp3) is 0.312. The quantitative estimate of drug-likeness (QED) is 0.690. The number of aryl methyl sites for hydroxylation is 1. The Labute approximate surface area is 147 Å². The number of nitrogens with zero attached hydrogens (tertiary/aromatic N) is 4. The van der Waals surface area contributed by atoms with E-state index in [4.69, 9.17) is 0 Å². The van der Waals surface area contributed by atoms with Gasteiger partial charge in [-0.2, -0.15) is 0 Å². The third-order valence-electron chi connectivity index (χ3n) is 3.51. The molecule has 0 aliphatic heterocycles. The fourth-order valence-electron chi connectivity index (χ4n) is 2.37. The number of H-pyrrole nitrogens is 1. The van der Waals surface area contributed by atoms with Crippen molar-refractivity contribution in [3.63, 3.8) is 0 Å². The van der Waals surface area contributed by atoms with Gasteiger partial charge >= 0.3 is 0 Å². The van der Waals surface area contributed by atoms with Crippen LogP contribution >= 0.6 is 11.3 Å². The van der Waals surface area contributed by atoms with Crippen molar-refractivity contribution in [1.82, 2.24) is 25.1 Å². The number of aromatic nitrogens is 4. The SMILES string of the molecule is CCc1nnc(NC(=O)CN(C)Cc2nc3ccccc3c(=O)[nH]2)s1. The number of para-hydroxylation sites is 1. The standard InChI is InChI=1S/C16H18N6O2S/c1-3-14-20-21-16(25-14)19-13(23)9-22(2)8-12-17-11-7-5-4-6-10(11)15(24)18-12/h4-7H,3,8-9H2,1-2H3,(H,17,18,24)(H,19,21,23). The van der Waals surface area contributed by atoms with Crippen molar-refractivity contribution in [2.45, 2.75) is 19.9 Å². The van der Waals surface area contributed by atoms with Crippen LogP contribution in [0.3, 0.4) is 0 Å². The third kappa shape index (κ3) is 4.25. The van der Waals surface area contributed by atoms with E-state index in [0.717, 1.165) is 11.4 Å². The van der Waals surface area contributed by atoms with Crippen LogP contribution in [0.1, 0.15) is 17.8 Å². The number of nitrogens with one attached hydrogen (secondary N) is 2. The van der Waals surface area contributed by atoms with Crippen molar-refractivity contribution >= 4 is 33.3 Å². The number of carbonyl (C=O) groups excluding carboxylic acids is 1. The van der Waals surface area contributed by atoms with Gasteiger partial charge in [-0.15, -0.1) is 10.2 Å². The number of hydrogen-bond acceptors (Lipinski definition) is 7. The molecule has 0 saturated carbocycles. The second kappa shape index (κ2) is 7.49. The maximum atomic E-state index is 12.1. The number of anilines is 1. The molecular weight excluding hydrogens is 340 g/mol. The average Bonchev–Trinajstić information content (AvgIpc) is 3.02. The first kappa shape index (κ1) is 17.2. The lowest BCUT2D eigenvalue weighted by Gasteiger charge is -2.15. The van der Waals surface area contributed by atoms with E-state index in [9.17, 15) is 9.59 Å². The number of rotatable bonds is 6. The number of aromatic amines is 1. The predicted octanol–water partition coefficient (Wildman–Crippen LogP) is 1.41. The number of likely N-dealkylation sites (N-methyl/N-ethyl adjacent to an activating group) is 1. The van der Waals surface area contributed by atoms with Gasteiger partial charge in [-0.1, -0.05) is 30.4 Å². The number of hydrogen-bond donors (Lipinski definition) is 2. The summed E-state index contributed by atoms with van der Waals surface area (Å²) in [7, 11) is 1.78. The normalized spacial score (nSPS) is 11.2. The summed E-state index contributed by atoms with van der Waals surface area (Å²) < 4.78 is 0.